The minimum absolute atomic E-state index is 1.29. The van der Waals surface area contributed by atoms with Crippen LogP contribution in [0.2, 0.25) is 17.7 Å². The Morgan fingerprint density at radius 2 is 1.33 bits per heavy atom. The van der Waals surface area contributed by atoms with Crippen LogP contribution in [0.5, 0.6) is 0 Å². The zero-order valence-corrected chi connectivity index (χ0v) is 13.2. The predicted octanol–water partition coefficient (Wildman–Crippen LogP) is 5.18. The van der Waals surface area contributed by atoms with Gasteiger partial charge in [-0.05, 0) is 0 Å². The molecule has 0 aromatic carbocycles. The number of hydrogen-bond donors (Lipinski definition) is 0. The Labute approximate surface area is 100 Å². The van der Waals surface area contributed by atoms with Crippen molar-refractivity contribution in [2.45, 2.75) is 43.9 Å². The molecule has 15 heavy (non-hydrogen) atoms. The fraction of sp³-hybridized carbons (Fsp3) is 0.571. The van der Waals surface area contributed by atoms with Gasteiger partial charge in [0.1, 0.15) is 0 Å². The summed E-state index contributed by atoms with van der Waals surface area (Å²) in [7, 11) is 0. The van der Waals surface area contributed by atoms with Crippen molar-refractivity contribution in [1.82, 2.24) is 0 Å². The second-order valence-electron chi connectivity index (χ2n) is 4.44. The van der Waals surface area contributed by atoms with E-state index in [2.05, 4.69) is 44.9 Å². The summed E-state index contributed by atoms with van der Waals surface area (Å²) in [5.41, 5.74) is 0. The van der Waals surface area contributed by atoms with Gasteiger partial charge in [-0.15, -0.1) is 0 Å². The van der Waals surface area contributed by atoms with Gasteiger partial charge in [-0.3, -0.25) is 0 Å². The maximum absolute atomic E-state index is 3.92. The maximum atomic E-state index is 3.92. The first-order valence-corrected chi connectivity index (χ1v) is 14.1. The topological polar surface area (TPSA) is 0 Å². The molecule has 0 rings (SSSR count). The molecule has 0 saturated heterocycles. The van der Waals surface area contributed by atoms with Crippen LogP contribution in [0.4, 0.5) is 0 Å². The number of unbranched alkanes of at least 4 members (excludes halogenated alkanes) is 2. The fourth-order valence-electron chi connectivity index (χ4n) is 2.22. The second kappa shape index (κ2) is 9.26. The van der Waals surface area contributed by atoms with Crippen molar-refractivity contribution in [3.63, 3.8) is 0 Å². The van der Waals surface area contributed by atoms with Crippen molar-refractivity contribution < 1.29 is 0 Å². The molecule has 0 heterocycles. The van der Waals surface area contributed by atoms with E-state index in [0.29, 0.717) is 0 Å². The van der Waals surface area contributed by atoms with E-state index in [0.717, 1.165) is 0 Å². The van der Waals surface area contributed by atoms with E-state index in [1.807, 2.05) is 0 Å². The summed E-state index contributed by atoms with van der Waals surface area (Å²) in [6, 6.07) is 0. The molecule has 0 atom stereocenters. The quantitative estimate of drug-likeness (QED) is 0.296. The fourth-order valence-corrected chi connectivity index (χ4v) is 13.5. The van der Waals surface area contributed by atoms with Crippen LogP contribution in [-0.2, 0) is 0 Å². The van der Waals surface area contributed by atoms with E-state index >= 15 is 0 Å². The van der Waals surface area contributed by atoms with Crippen LogP contribution in [0, 0.1) is 0 Å². The Hall–Kier alpha value is 0.0187. The Balaban J connectivity index is 4.36. The van der Waals surface area contributed by atoms with Crippen LogP contribution < -0.4 is 0 Å². The van der Waals surface area contributed by atoms with Gasteiger partial charge in [0, 0.05) is 0 Å². The molecule has 0 bridgehead atoms. The molecular formula is C14H26Sn. The molecule has 0 unspecified atom stereocenters. The van der Waals surface area contributed by atoms with E-state index in [1.54, 1.807) is 0 Å². The molecule has 0 nitrogen and oxygen atoms in total. The van der Waals surface area contributed by atoms with Gasteiger partial charge in [-0.1, -0.05) is 0 Å². The van der Waals surface area contributed by atoms with Crippen LogP contribution in [-0.4, -0.2) is 18.4 Å². The van der Waals surface area contributed by atoms with Gasteiger partial charge < -0.3 is 0 Å². The molecule has 0 spiro atoms. The molecule has 0 aliphatic rings. The average Bonchev–Trinajstić information content (AvgIpc) is 2.19. The van der Waals surface area contributed by atoms with Gasteiger partial charge in [-0.25, -0.2) is 0 Å². The molecular weight excluding hydrogens is 287 g/mol. The molecule has 0 amide bonds. The van der Waals surface area contributed by atoms with Crippen molar-refractivity contribution >= 4 is 18.4 Å². The third kappa shape index (κ3) is 6.24. The summed E-state index contributed by atoms with van der Waals surface area (Å²) in [6.45, 7) is 14.0. The van der Waals surface area contributed by atoms with Crippen molar-refractivity contribution in [3.05, 3.63) is 38.0 Å². The number of hydrogen-bond acceptors (Lipinski definition) is 0. The molecule has 0 aromatic rings. The Morgan fingerprint density at radius 3 is 1.67 bits per heavy atom. The summed E-state index contributed by atoms with van der Waals surface area (Å²) in [5, 5.41) is 0. The first-order valence-electron chi connectivity index (χ1n) is 6.07. The molecule has 0 aromatic heterocycles. The molecule has 0 N–H and O–H groups in total. The first kappa shape index (κ1) is 15.0. The van der Waals surface area contributed by atoms with Crippen LogP contribution in [0.1, 0.15) is 26.2 Å². The number of rotatable bonds is 10. The SMILES string of the molecule is C=C[CH2][Sn]([CH2]C=C)([CH2]C=C)[CH2]CCCC. The van der Waals surface area contributed by atoms with Crippen LogP contribution in [0.25, 0.3) is 0 Å². The Morgan fingerprint density at radius 1 is 0.867 bits per heavy atom. The Kier molecular flexibility index (Phi) is 9.27. The molecule has 0 radical (unpaired) electrons. The molecule has 0 fully saturated rings. The van der Waals surface area contributed by atoms with E-state index in [1.165, 1.54) is 37.0 Å². The molecule has 0 aliphatic carbocycles. The van der Waals surface area contributed by atoms with E-state index < -0.39 is 18.4 Å². The molecule has 86 valence electrons. The number of allylic oxidation sites excluding steroid dienone is 3. The van der Waals surface area contributed by atoms with Gasteiger partial charge in [-0.2, -0.15) is 0 Å². The van der Waals surface area contributed by atoms with Gasteiger partial charge >= 0.3 is 100 Å². The molecule has 0 saturated carbocycles. The monoisotopic (exact) mass is 314 g/mol. The summed E-state index contributed by atoms with van der Waals surface area (Å²) in [6.07, 6.45) is 10.5. The summed E-state index contributed by atoms with van der Waals surface area (Å²) in [4.78, 5) is 0. The van der Waals surface area contributed by atoms with Gasteiger partial charge in [0.15, 0.2) is 0 Å². The predicted molar refractivity (Wildman–Crippen MR) is 75.1 cm³/mol. The third-order valence-electron chi connectivity index (χ3n) is 3.04. The Bertz CT molecular complexity index is 167. The summed E-state index contributed by atoms with van der Waals surface area (Å²) in [5.74, 6) is 0. The van der Waals surface area contributed by atoms with Gasteiger partial charge in [0.05, 0.1) is 0 Å². The van der Waals surface area contributed by atoms with Crippen LogP contribution in [0.3, 0.4) is 0 Å². The van der Waals surface area contributed by atoms with E-state index in [4.69, 9.17) is 0 Å². The van der Waals surface area contributed by atoms with Crippen LogP contribution in [0.15, 0.2) is 38.0 Å². The van der Waals surface area contributed by atoms with Crippen molar-refractivity contribution in [1.29, 1.82) is 0 Å². The summed E-state index contributed by atoms with van der Waals surface area (Å²) >= 11 is -1.97. The van der Waals surface area contributed by atoms with Crippen molar-refractivity contribution in [2.75, 3.05) is 0 Å². The zero-order valence-electron chi connectivity index (χ0n) is 10.3. The van der Waals surface area contributed by atoms with Crippen LogP contribution >= 0.6 is 0 Å². The standard InChI is InChI=1S/C5H11.3C3H5.Sn/c1-3-5-4-2;3*1-3-2;/h1,3-5H2,2H3;3*3H,1-2H2;. The first-order chi connectivity index (χ1) is 7.24. The zero-order chi connectivity index (χ0) is 11.6. The molecule has 1 heteroatoms. The van der Waals surface area contributed by atoms with Gasteiger partial charge in [0.2, 0.25) is 0 Å². The van der Waals surface area contributed by atoms with Crippen molar-refractivity contribution in [2.24, 2.45) is 0 Å². The minimum atomic E-state index is -1.97. The third-order valence-corrected chi connectivity index (χ3v) is 17.0. The normalized spacial score (nSPS) is 11.0. The van der Waals surface area contributed by atoms with E-state index in [9.17, 15) is 0 Å². The van der Waals surface area contributed by atoms with E-state index in [-0.39, 0.29) is 0 Å². The molecule has 0 aliphatic heterocycles. The van der Waals surface area contributed by atoms with Crippen molar-refractivity contribution in [3.8, 4) is 0 Å². The van der Waals surface area contributed by atoms with Gasteiger partial charge in [0.25, 0.3) is 0 Å². The average molecular weight is 313 g/mol. The second-order valence-corrected chi connectivity index (χ2v) is 17.9. The summed E-state index contributed by atoms with van der Waals surface area (Å²) < 4.78 is 5.34.